The highest BCUT2D eigenvalue weighted by Gasteiger charge is 2.24. The number of ether oxygens (including phenoxy) is 1. The van der Waals surface area contributed by atoms with Gasteiger partial charge in [0.15, 0.2) is 0 Å². The lowest BCUT2D eigenvalue weighted by Gasteiger charge is -2.36. The maximum Gasteiger partial charge on any atom is 0.123 e. The predicted octanol–water partition coefficient (Wildman–Crippen LogP) is 3.95. The van der Waals surface area contributed by atoms with Gasteiger partial charge in [0.05, 0.1) is 0 Å². The van der Waals surface area contributed by atoms with Gasteiger partial charge in [-0.3, -0.25) is 9.88 Å². The van der Waals surface area contributed by atoms with Gasteiger partial charge in [-0.25, -0.2) is 4.39 Å². The SMILES string of the molecule is Fc1cccc(C2CNCCN2Cc2ccc(OCc3cccnc3)cc2)c1. The van der Waals surface area contributed by atoms with Crippen molar-refractivity contribution in [2.75, 3.05) is 19.6 Å². The average molecular weight is 377 g/mol. The molecule has 1 N–H and O–H groups in total. The van der Waals surface area contributed by atoms with Crippen LogP contribution in [0.5, 0.6) is 5.75 Å². The van der Waals surface area contributed by atoms with Crippen LogP contribution in [0.2, 0.25) is 0 Å². The summed E-state index contributed by atoms with van der Waals surface area (Å²) in [6, 6.07) is 19.2. The highest BCUT2D eigenvalue weighted by molar-refractivity contribution is 5.28. The number of pyridine rings is 1. The number of rotatable bonds is 6. The van der Waals surface area contributed by atoms with E-state index in [0.29, 0.717) is 6.61 Å². The molecule has 0 spiro atoms. The number of aromatic nitrogens is 1. The third-order valence-corrected chi connectivity index (χ3v) is 5.03. The monoisotopic (exact) mass is 377 g/mol. The molecule has 1 aromatic heterocycles. The summed E-state index contributed by atoms with van der Waals surface area (Å²) in [6.45, 7) is 4.03. The molecule has 0 bridgehead atoms. The van der Waals surface area contributed by atoms with Crippen molar-refractivity contribution in [2.45, 2.75) is 19.2 Å². The van der Waals surface area contributed by atoms with Crippen LogP contribution in [-0.2, 0) is 13.2 Å². The standard InChI is InChI=1S/C23H24FN3O/c24-21-5-1-4-20(13-21)23-15-26-11-12-27(23)16-18-6-8-22(9-7-18)28-17-19-3-2-10-25-14-19/h1-10,13-14,23,26H,11-12,15-17H2. The molecular weight excluding hydrogens is 353 g/mol. The Morgan fingerprint density at radius 1 is 1.07 bits per heavy atom. The van der Waals surface area contributed by atoms with E-state index in [4.69, 9.17) is 4.74 Å². The molecule has 0 amide bonds. The molecule has 1 aliphatic rings. The molecule has 3 aromatic rings. The van der Waals surface area contributed by atoms with Gasteiger partial charge in [-0.2, -0.15) is 0 Å². The minimum absolute atomic E-state index is 0.172. The number of halogens is 1. The van der Waals surface area contributed by atoms with Crippen molar-refractivity contribution in [2.24, 2.45) is 0 Å². The number of hydrogen-bond acceptors (Lipinski definition) is 4. The van der Waals surface area contributed by atoms with E-state index < -0.39 is 0 Å². The van der Waals surface area contributed by atoms with Gasteiger partial charge < -0.3 is 10.1 Å². The molecule has 1 fully saturated rings. The zero-order valence-electron chi connectivity index (χ0n) is 15.7. The summed E-state index contributed by atoms with van der Waals surface area (Å²) in [4.78, 5) is 6.50. The van der Waals surface area contributed by atoms with Crippen molar-refractivity contribution >= 4 is 0 Å². The Kier molecular flexibility index (Phi) is 5.95. The van der Waals surface area contributed by atoms with Crippen molar-refractivity contribution in [3.8, 4) is 5.75 Å². The summed E-state index contributed by atoms with van der Waals surface area (Å²) < 4.78 is 19.5. The van der Waals surface area contributed by atoms with Crippen molar-refractivity contribution in [1.29, 1.82) is 0 Å². The van der Waals surface area contributed by atoms with Gasteiger partial charge in [0.2, 0.25) is 0 Å². The van der Waals surface area contributed by atoms with Gasteiger partial charge in [0, 0.05) is 50.2 Å². The zero-order chi connectivity index (χ0) is 19.2. The Morgan fingerprint density at radius 3 is 2.75 bits per heavy atom. The van der Waals surface area contributed by atoms with Crippen LogP contribution in [0.3, 0.4) is 0 Å². The minimum atomic E-state index is -0.182. The van der Waals surface area contributed by atoms with Gasteiger partial charge in [0.1, 0.15) is 18.2 Å². The first-order chi connectivity index (χ1) is 13.8. The molecule has 1 aliphatic heterocycles. The topological polar surface area (TPSA) is 37.4 Å². The van der Waals surface area contributed by atoms with E-state index in [0.717, 1.165) is 43.1 Å². The van der Waals surface area contributed by atoms with Crippen LogP contribution in [0.25, 0.3) is 0 Å². The molecule has 0 aliphatic carbocycles. The van der Waals surface area contributed by atoms with Gasteiger partial charge in [-0.15, -0.1) is 0 Å². The molecule has 0 saturated carbocycles. The highest BCUT2D eigenvalue weighted by Crippen LogP contribution is 2.25. The minimum Gasteiger partial charge on any atom is -0.489 e. The molecule has 0 radical (unpaired) electrons. The first-order valence-electron chi connectivity index (χ1n) is 9.59. The molecule has 2 aromatic carbocycles. The summed E-state index contributed by atoms with van der Waals surface area (Å²) in [7, 11) is 0. The number of piperazine rings is 1. The molecule has 5 heteroatoms. The Labute approximate surface area is 165 Å². The summed E-state index contributed by atoms with van der Waals surface area (Å²) in [5.74, 6) is 0.660. The second kappa shape index (κ2) is 8.95. The third kappa shape index (κ3) is 4.74. The quantitative estimate of drug-likeness (QED) is 0.706. The fraction of sp³-hybridized carbons (Fsp3) is 0.261. The van der Waals surface area contributed by atoms with E-state index >= 15 is 0 Å². The summed E-state index contributed by atoms with van der Waals surface area (Å²) in [6.07, 6.45) is 3.57. The first kappa shape index (κ1) is 18.6. The van der Waals surface area contributed by atoms with Crippen LogP contribution in [0, 0.1) is 5.82 Å². The van der Waals surface area contributed by atoms with Crippen molar-refractivity contribution in [3.05, 3.63) is 95.6 Å². The zero-order valence-corrected chi connectivity index (χ0v) is 15.7. The van der Waals surface area contributed by atoms with E-state index in [2.05, 4.69) is 27.3 Å². The van der Waals surface area contributed by atoms with Crippen LogP contribution < -0.4 is 10.1 Å². The Morgan fingerprint density at radius 2 is 1.96 bits per heavy atom. The molecule has 2 heterocycles. The molecule has 4 rings (SSSR count). The Balaban J connectivity index is 1.39. The maximum absolute atomic E-state index is 13.7. The van der Waals surface area contributed by atoms with E-state index in [1.807, 2.05) is 36.5 Å². The fourth-order valence-electron chi connectivity index (χ4n) is 3.55. The van der Waals surface area contributed by atoms with E-state index in [-0.39, 0.29) is 11.9 Å². The number of nitrogens with zero attached hydrogens (tertiary/aromatic N) is 2. The van der Waals surface area contributed by atoms with Crippen LogP contribution in [-0.4, -0.2) is 29.5 Å². The summed E-state index contributed by atoms with van der Waals surface area (Å²) >= 11 is 0. The van der Waals surface area contributed by atoms with E-state index in [9.17, 15) is 4.39 Å². The smallest absolute Gasteiger partial charge is 0.123 e. The van der Waals surface area contributed by atoms with E-state index in [1.54, 1.807) is 18.3 Å². The summed E-state index contributed by atoms with van der Waals surface area (Å²) in [5, 5.41) is 3.42. The molecule has 1 unspecified atom stereocenters. The highest BCUT2D eigenvalue weighted by atomic mass is 19.1. The normalized spacial score (nSPS) is 17.4. The van der Waals surface area contributed by atoms with Gasteiger partial charge in [-0.1, -0.05) is 30.3 Å². The molecule has 4 nitrogen and oxygen atoms in total. The lowest BCUT2D eigenvalue weighted by Crippen LogP contribution is -2.45. The lowest BCUT2D eigenvalue weighted by atomic mass is 10.0. The number of hydrogen-bond donors (Lipinski definition) is 1. The van der Waals surface area contributed by atoms with Crippen LogP contribution in [0.15, 0.2) is 73.1 Å². The van der Waals surface area contributed by atoms with Gasteiger partial charge in [-0.05, 0) is 41.5 Å². The average Bonchev–Trinajstić information content (AvgIpc) is 2.74. The first-order valence-corrected chi connectivity index (χ1v) is 9.59. The molecule has 1 atom stereocenters. The Hall–Kier alpha value is -2.76. The second-order valence-electron chi connectivity index (χ2n) is 7.04. The molecule has 28 heavy (non-hydrogen) atoms. The largest absolute Gasteiger partial charge is 0.489 e. The Bertz CT molecular complexity index is 886. The number of benzene rings is 2. The third-order valence-electron chi connectivity index (χ3n) is 5.03. The molecule has 1 saturated heterocycles. The second-order valence-corrected chi connectivity index (χ2v) is 7.04. The predicted molar refractivity (Wildman–Crippen MR) is 107 cm³/mol. The molecule has 144 valence electrons. The van der Waals surface area contributed by atoms with Crippen LogP contribution in [0.1, 0.15) is 22.7 Å². The van der Waals surface area contributed by atoms with Gasteiger partial charge in [0.25, 0.3) is 0 Å². The van der Waals surface area contributed by atoms with E-state index in [1.165, 1.54) is 11.6 Å². The lowest BCUT2D eigenvalue weighted by molar-refractivity contribution is 0.153. The van der Waals surface area contributed by atoms with Crippen molar-refractivity contribution in [1.82, 2.24) is 15.2 Å². The maximum atomic E-state index is 13.7. The molecular formula is C23H24FN3O. The van der Waals surface area contributed by atoms with Crippen molar-refractivity contribution < 1.29 is 9.13 Å². The van der Waals surface area contributed by atoms with Crippen molar-refractivity contribution in [3.63, 3.8) is 0 Å². The van der Waals surface area contributed by atoms with Crippen LogP contribution in [0.4, 0.5) is 4.39 Å². The van der Waals surface area contributed by atoms with Crippen LogP contribution >= 0.6 is 0 Å². The number of nitrogens with one attached hydrogen (secondary N) is 1. The fourth-order valence-corrected chi connectivity index (χ4v) is 3.55. The summed E-state index contributed by atoms with van der Waals surface area (Å²) in [5.41, 5.74) is 3.28. The van der Waals surface area contributed by atoms with Gasteiger partial charge >= 0.3 is 0 Å².